The Hall–Kier alpha value is -3.98. The molecule has 0 radical (unpaired) electrons. The highest BCUT2D eigenvalue weighted by Gasteiger charge is 2.46. The van der Waals surface area contributed by atoms with E-state index in [2.05, 4.69) is 5.16 Å². The summed E-state index contributed by atoms with van der Waals surface area (Å²) in [6.07, 6.45) is 0. The number of fused-ring (bicyclic) bond motifs is 2. The van der Waals surface area contributed by atoms with Gasteiger partial charge in [-0.1, -0.05) is 16.8 Å². The maximum atomic E-state index is 13.7. The molecule has 5 rings (SSSR count). The molecule has 1 unspecified atom stereocenters. The summed E-state index contributed by atoms with van der Waals surface area (Å²) in [5.41, 5.74) is 0.460. The second-order valence-corrected chi connectivity index (χ2v) is 8.07. The number of carbonyl (C=O) groups excluding carboxylic acids is 1. The highest BCUT2D eigenvalue weighted by atomic mass is 35.5. The average Bonchev–Trinajstić information content (AvgIpc) is 3.39. The van der Waals surface area contributed by atoms with Crippen molar-refractivity contribution in [2.75, 3.05) is 26.2 Å². The fraction of sp³-hybridized carbons (Fsp3) is 0.208. The quantitative estimate of drug-likeness (QED) is 0.409. The molecule has 0 spiro atoms. The second kappa shape index (κ2) is 8.11. The van der Waals surface area contributed by atoms with E-state index in [1.165, 1.54) is 32.3 Å². The van der Waals surface area contributed by atoms with Gasteiger partial charge in [-0.05, 0) is 31.2 Å². The molecule has 9 nitrogen and oxygen atoms in total. The summed E-state index contributed by atoms with van der Waals surface area (Å²) in [4.78, 5) is 28.7. The Balaban J connectivity index is 1.86. The molecule has 174 valence electrons. The first-order valence-electron chi connectivity index (χ1n) is 10.2. The Bertz CT molecular complexity index is 1510. The van der Waals surface area contributed by atoms with Crippen molar-refractivity contribution in [1.29, 1.82) is 0 Å². The lowest BCUT2D eigenvalue weighted by Crippen LogP contribution is -2.30. The molecule has 2 aromatic heterocycles. The fourth-order valence-corrected chi connectivity index (χ4v) is 4.38. The zero-order chi connectivity index (χ0) is 24.1. The molecule has 1 aliphatic heterocycles. The van der Waals surface area contributed by atoms with Crippen LogP contribution in [0.25, 0.3) is 11.0 Å². The van der Waals surface area contributed by atoms with Gasteiger partial charge in [0.25, 0.3) is 5.91 Å². The van der Waals surface area contributed by atoms with Gasteiger partial charge in [-0.2, -0.15) is 0 Å². The molecule has 0 N–H and O–H groups in total. The summed E-state index contributed by atoms with van der Waals surface area (Å²) in [6, 6.07) is 8.61. The highest BCUT2D eigenvalue weighted by Crippen LogP contribution is 2.46. The summed E-state index contributed by atoms with van der Waals surface area (Å²) < 4.78 is 27.6. The first-order chi connectivity index (χ1) is 16.4. The topological polar surface area (TPSA) is 104 Å². The van der Waals surface area contributed by atoms with E-state index >= 15 is 0 Å². The van der Waals surface area contributed by atoms with Crippen molar-refractivity contribution in [1.82, 2.24) is 5.16 Å². The number of hydrogen-bond donors (Lipinski definition) is 0. The number of rotatable bonds is 5. The molecule has 0 fully saturated rings. The number of ether oxygens (including phenoxy) is 3. The molecular formula is C24H19ClN2O7. The molecule has 4 aromatic rings. The van der Waals surface area contributed by atoms with E-state index in [0.717, 1.165) is 0 Å². The predicted octanol–water partition coefficient (Wildman–Crippen LogP) is 4.52. The third-order valence-corrected chi connectivity index (χ3v) is 5.96. The highest BCUT2D eigenvalue weighted by molar-refractivity contribution is 6.31. The molecule has 0 saturated heterocycles. The van der Waals surface area contributed by atoms with Gasteiger partial charge in [0.2, 0.25) is 5.76 Å². The van der Waals surface area contributed by atoms with Crippen LogP contribution in [-0.2, 0) is 0 Å². The lowest BCUT2D eigenvalue weighted by atomic mass is 9.97. The number of hydrogen-bond acceptors (Lipinski definition) is 8. The van der Waals surface area contributed by atoms with E-state index in [1.807, 2.05) is 0 Å². The van der Waals surface area contributed by atoms with E-state index in [9.17, 15) is 9.59 Å². The van der Waals surface area contributed by atoms with E-state index in [-0.39, 0.29) is 28.1 Å². The Morgan fingerprint density at radius 3 is 2.32 bits per heavy atom. The maximum absolute atomic E-state index is 13.7. The molecule has 34 heavy (non-hydrogen) atoms. The summed E-state index contributed by atoms with van der Waals surface area (Å²) in [5.74, 6) is 1.27. The first-order valence-corrected chi connectivity index (χ1v) is 10.6. The van der Waals surface area contributed by atoms with Crippen molar-refractivity contribution in [3.8, 4) is 17.2 Å². The van der Waals surface area contributed by atoms with Gasteiger partial charge in [0.1, 0.15) is 23.1 Å². The Morgan fingerprint density at radius 1 is 0.971 bits per heavy atom. The van der Waals surface area contributed by atoms with Crippen molar-refractivity contribution in [3.05, 3.63) is 74.3 Å². The monoisotopic (exact) mass is 482 g/mol. The third kappa shape index (κ3) is 3.19. The van der Waals surface area contributed by atoms with Crippen molar-refractivity contribution in [2.24, 2.45) is 0 Å². The smallest absolute Gasteiger partial charge is 0.296 e. The molecule has 1 aliphatic rings. The van der Waals surface area contributed by atoms with Crippen LogP contribution in [0.1, 0.15) is 33.5 Å². The van der Waals surface area contributed by atoms with Gasteiger partial charge in [-0.25, -0.2) is 0 Å². The van der Waals surface area contributed by atoms with Gasteiger partial charge in [-0.3, -0.25) is 14.5 Å². The van der Waals surface area contributed by atoms with Gasteiger partial charge in [-0.15, -0.1) is 0 Å². The number of aromatic nitrogens is 1. The number of halogens is 1. The summed E-state index contributed by atoms with van der Waals surface area (Å²) >= 11 is 6.14. The number of nitrogens with zero attached hydrogens (tertiary/aromatic N) is 2. The van der Waals surface area contributed by atoms with Gasteiger partial charge in [0, 0.05) is 22.7 Å². The van der Waals surface area contributed by atoms with Crippen LogP contribution >= 0.6 is 11.6 Å². The molecule has 10 heteroatoms. The summed E-state index contributed by atoms with van der Waals surface area (Å²) in [5, 5.41) is 4.64. The second-order valence-electron chi connectivity index (χ2n) is 7.64. The fourth-order valence-electron chi connectivity index (χ4n) is 4.21. The Labute approximate surface area is 198 Å². The molecule has 2 aromatic carbocycles. The van der Waals surface area contributed by atoms with Crippen molar-refractivity contribution >= 4 is 34.3 Å². The van der Waals surface area contributed by atoms with Crippen LogP contribution in [0.4, 0.5) is 5.82 Å². The van der Waals surface area contributed by atoms with Crippen LogP contribution in [0.5, 0.6) is 17.2 Å². The largest absolute Gasteiger partial charge is 0.496 e. The maximum Gasteiger partial charge on any atom is 0.296 e. The normalized spacial score (nSPS) is 15.0. The number of benzene rings is 2. The van der Waals surface area contributed by atoms with Gasteiger partial charge in [0.05, 0.1) is 32.3 Å². The van der Waals surface area contributed by atoms with Crippen LogP contribution in [0.2, 0.25) is 5.02 Å². The molecule has 0 saturated carbocycles. The first kappa shape index (κ1) is 21.8. The van der Waals surface area contributed by atoms with Crippen molar-refractivity contribution in [2.45, 2.75) is 13.0 Å². The molecule has 1 atom stereocenters. The van der Waals surface area contributed by atoms with E-state index in [4.69, 9.17) is 34.8 Å². The third-order valence-electron chi connectivity index (χ3n) is 5.73. The van der Waals surface area contributed by atoms with Crippen LogP contribution in [0.15, 0.2) is 50.1 Å². The molecule has 1 amide bonds. The van der Waals surface area contributed by atoms with Gasteiger partial charge >= 0.3 is 0 Å². The van der Waals surface area contributed by atoms with Crippen LogP contribution < -0.4 is 24.5 Å². The van der Waals surface area contributed by atoms with E-state index in [0.29, 0.717) is 33.6 Å². The van der Waals surface area contributed by atoms with Crippen molar-refractivity contribution < 1.29 is 27.9 Å². The SMILES string of the molecule is COc1cc(OC)c(C2c3c(oc4ccc(Cl)cc4c3=O)C(=O)N2c2cc(C)on2)cc1OC. The summed E-state index contributed by atoms with van der Waals surface area (Å²) in [7, 11) is 4.47. The number of anilines is 1. The lowest BCUT2D eigenvalue weighted by Gasteiger charge is -2.25. The Kier molecular flexibility index (Phi) is 5.21. The van der Waals surface area contributed by atoms with E-state index in [1.54, 1.807) is 37.3 Å². The minimum Gasteiger partial charge on any atom is -0.496 e. The van der Waals surface area contributed by atoms with Crippen molar-refractivity contribution in [3.63, 3.8) is 0 Å². The minimum absolute atomic E-state index is 0.0951. The minimum atomic E-state index is -0.943. The standard InChI is InChI=1S/C24H19ClN2O7/c1-11-7-19(26-34-11)27-21(13-9-17(31-3)18(32-4)10-16(13)30-2)20-22(28)14-8-12(25)5-6-15(14)33-23(20)24(27)29/h5-10,21H,1-4H3. The summed E-state index contributed by atoms with van der Waals surface area (Å²) in [6.45, 7) is 1.70. The van der Waals surface area contributed by atoms with E-state index < -0.39 is 17.4 Å². The van der Waals surface area contributed by atoms with Gasteiger partial charge in [0.15, 0.2) is 22.7 Å². The van der Waals surface area contributed by atoms with Crippen LogP contribution in [0.3, 0.4) is 0 Å². The van der Waals surface area contributed by atoms with Gasteiger partial charge < -0.3 is 23.2 Å². The molecule has 0 bridgehead atoms. The number of carbonyl (C=O) groups is 1. The van der Waals surface area contributed by atoms with Crippen LogP contribution in [0, 0.1) is 6.92 Å². The average molecular weight is 483 g/mol. The number of methoxy groups -OCH3 is 3. The Morgan fingerprint density at radius 2 is 1.68 bits per heavy atom. The number of amides is 1. The zero-order valence-corrected chi connectivity index (χ0v) is 19.4. The zero-order valence-electron chi connectivity index (χ0n) is 18.7. The molecule has 0 aliphatic carbocycles. The molecular weight excluding hydrogens is 464 g/mol. The predicted molar refractivity (Wildman–Crippen MR) is 123 cm³/mol. The molecule has 3 heterocycles. The lowest BCUT2D eigenvalue weighted by molar-refractivity contribution is 0.0969. The van der Waals surface area contributed by atoms with Crippen LogP contribution in [-0.4, -0.2) is 32.4 Å². The number of aryl methyl sites for hydroxylation is 1.